The Morgan fingerprint density at radius 3 is 2.22 bits per heavy atom. The summed E-state index contributed by atoms with van der Waals surface area (Å²) in [7, 11) is 0. The van der Waals surface area contributed by atoms with Crippen molar-refractivity contribution in [2.75, 3.05) is 15.5 Å². The number of hydrogen-bond donors (Lipinski definition) is 2. The van der Waals surface area contributed by atoms with Gasteiger partial charge in [0.1, 0.15) is 10.7 Å². The fourth-order valence-corrected chi connectivity index (χ4v) is 3.85. The smallest absolute Gasteiger partial charge is 0.350 e. The number of imide groups is 1. The zero-order valence-corrected chi connectivity index (χ0v) is 19.8. The van der Waals surface area contributed by atoms with E-state index in [4.69, 9.17) is 11.6 Å². The van der Waals surface area contributed by atoms with Crippen LogP contribution in [0.1, 0.15) is 27.0 Å². The number of amides is 3. The molecular formula is C26H19ClF3N3O3. The first-order chi connectivity index (χ1) is 17.0. The van der Waals surface area contributed by atoms with Gasteiger partial charge in [-0.15, -0.1) is 0 Å². The van der Waals surface area contributed by atoms with E-state index in [0.717, 1.165) is 28.2 Å². The van der Waals surface area contributed by atoms with Crippen molar-refractivity contribution in [1.82, 2.24) is 0 Å². The highest BCUT2D eigenvalue weighted by Crippen LogP contribution is 2.33. The maximum Gasteiger partial charge on any atom is 0.416 e. The van der Waals surface area contributed by atoms with Gasteiger partial charge in [0.2, 0.25) is 0 Å². The van der Waals surface area contributed by atoms with Crippen LogP contribution in [0.5, 0.6) is 0 Å². The van der Waals surface area contributed by atoms with Gasteiger partial charge in [-0.25, -0.2) is 4.90 Å². The lowest BCUT2D eigenvalue weighted by Gasteiger charge is -2.18. The number of carbonyl (C=O) groups is 3. The van der Waals surface area contributed by atoms with Crippen molar-refractivity contribution in [2.45, 2.75) is 20.0 Å². The largest absolute Gasteiger partial charge is 0.416 e. The molecule has 0 saturated heterocycles. The molecule has 0 unspecified atom stereocenters. The van der Waals surface area contributed by atoms with Crippen LogP contribution in [-0.4, -0.2) is 17.7 Å². The van der Waals surface area contributed by atoms with Gasteiger partial charge in [0.25, 0.3) is 17.7 Å². The van der Waals surface area contributed by atoms with E-state index in [0.29, 0.717) is 11.4 Å². The zero-order chi connectivity index (χ0) is 26.2. The van der Waals surface area contributed by atoms with Gasteiger partial charge in [-0.1, -0.05) is 29.8 Å². The first-order valence-electron chi connectivity index (χ1n) is 10.7. The van der Waals surface area contributed by atoms with E-state index >= 15 is 0 Å². The highest BCUT2D eigenvalue weighted by molar-refractivity contribution is 6.53. The number of alkyl halides is 3. The molecule has 4 rings (SSSR count). The molecule has 6 nitrogen and oxygen atoms in total. The van der Waals surface area contributed by atoms with Crippen LogP contribution < -0.4 is 15.5 Å². The number of carbonyl (C=O) groups excluding carboxylic acids is 3. The maximum atomic E-state index is 13.0. The van der Waals surface area contributed by atoms with Gasteiger partial charge in [0, 0.05) is 16.9 Å². The molecule has 3 aromatic rings. The van der Waals surface area contributed by atoms with Gasteiger partial charge in [0.05, 0.1) is 11.3 Å². The second-order valence-corrected chi connectivity index (χ2v) is 8.47. The van der Waals surface area contributed by atoms with Crippen molar-refractivity contribution >= 4 is 46.4 Å². The van der Waals surface area contributed by atoms with Crippen molar-refractivity contribution in [3.63, 3.8) is 0 Å². The molecule has 0 radical (unpaired) electrons. The van der Waals surface area contributed by atoms with Gasteiger partial charge < -0.3 is 10.6 Å². The predicted octanol–water partition coefficient (Wildman–Crippen LogP) is 6.01. The lowest BCUT2D eigenvalue weighted by Crippen LogP contribution is -2.33. The summed E-state index contributed by atoms with van der Waals surface area (Å²) in [6.07, 6.45) is -4.53. The number of halogens is 4. The highest BCUT2D eigenvalue weighted by atomic mass is 35.5. The minimum Gasteiger partial charge on any atom is -0.350 e. The summed E-state index contributed by atoms with van der Waals surface area (Å²) < 4.78 is 38.7. The van der Waals surface area contributed by atoms with Crippen LogP contribution in [0.25, 0.3) is 0 Å². The van der Waals surface area contributed by atoms with Crippen LogP contribution in [0, 0.1) is 13.8 Å². The van der Waals surface area contributed by atoms with Crippen molar-refractivity contribution in [3.8, 4) is 0 Å². The molecule has 0 fully saturated rings. The summed E-state index contributed by atoms with van der Waals surface area (Å²) in [5, 5.41) is 4.97. The Morgan fingerprint density at radius 2 is 1.56 bits per heavy atom. The van der Waals surface area contributed by atoms with Crippen LogP contribution in [0.15, 0.2) is 77.5 Å². The molecule has 184 valence electrons. The molecule has 36 heavy (non-hydrogen) atoms. The third-order valence-electron chi connectivity index (χ3n) is 5.71. The van der Waals surface area contributed by atoms with Crippen LogP contribution in [0.4, 0.5) is 30.2 Å². The van der Waals surface area contributed by atoms with Crippen molar-refractivity contribution in [3.05, 3.63) is 99.7 Å². The average molecular weight is 514 g/mol. The van der Waals surface area contributed by atoms with Crippen LogP contribution in [0.2, 0.25) is 0 Å². The Balaban J connectivity index is 1.49. The summed E-state index contributed by atoms with van der Waals surface area (Å²) in [4.78, 5) is 39.3. The molecule has 0 atom stereocenters. The van der Waals surface area contributed by atoms with E-state index in [2.05, 4.69) is 10.6 Å². The van der Waals surface area contributed by atoms with Gasteiger partial charge in [-0.2, -0.15) is 13.2 Å². The number of hydrogen-bond acceptors (Lipinski definition) is 4. The Labute approximate surface area is 209 Å². The lowest BCUT2D eigenvalue weighted by molar-refractivity contribution is -0.137. The van der Waals surface area contributed by atoms with E-state index in [-0.39, 0.29) is 22.0 Å². The van der Waals surface area contributed by atoms with Crippen LogP contribution in [-0.2, 0) is 15.8 Å². The predicted molar refractivity (Wildman–Crippen MR) is 131 cm³/mol. The summed E-state index contributed by atoms with van der Waals surface area (Å²) in [5.74, 6) is -1.90. The molecule has 1 heterocycles. The maximum absolute atomic E-state index is 13.0. The van der Waals surface area contributed by atoms with E-state index in [1.807, 2.05) is 13.0 Å². The third-order valence-corrected chi connectivity index (χ3v) is 6.06. The second kappa shape index (κ2) is 9.50. The molecule has 1 aliphatic rings. The minimum atomic E-state index is -4.53. The molecule has 10 heteroatoms. The molecule has 0 aliphatic carbocycles. The molecule has 1 aliphatic heterocycles. The Kier molecular flexibility index (Phi) is 6.60. The normalized spacial score (nSPS) is 13.9. The van der Waals surface area contributed by atoms with Crippen LogP contribution >= 0.6 is 11.6 Å². The Hall–Kier alpha value is -4.11. The van der Waals surface area contributed by atoms with E-state index in [9.17, 15) is 27.6 Å². The Bertz CT molecular complexity index is 1420. The fourth-order valence-electron chi connectivity index (χ4n) is 3.63. The van der Waals surface area contributed by atoms with Gasteiger partial charge in [-0.3, -0.25) is 14.4 Å². The minimum absolute atomic E-state index is 0.00411. The van der Waals surface area contributed by atoms with Crippen molar-refractivity contribution < 1.29 is 27.6 Å². The Morgan fingerprint density at radius 1 is 0.889 bits per heavy atom. The molecule has 3 aromatic carbocycles. The van der Waals surface area contributed by atoms with E-state index in [1.165, 1.54) is 36.4 Å². The monoisotopic (exact) mass is 513 g/mol. The number of rotatable bonds is 5. The van der Waals surface area contributed by atoms with E-state index < -0.39 is 29.5 Å². The quantitative estimate of drug-likeness (QED) is 0.410. The third kappa shape index (κ3) is 4.83. The van der Waals surface area contributed by atoms with Crippen molar-refractivity contribution in [2.24, 2.45) is 0 Å². The topological polar surface area (TPSA) is 78.5 Å². The first-order valence-corrected chi connectivity index (χ1v) is 11.1. The molecular weight excluding hydrogens is 495 g/mol. The number of nitrogens with zero attached hydrogens (tertiary/aromatic N) is 1. The first kappa shape index (κ1) is 25.0. The highest BCUT2D eigenvalue weighted by Gasteiger charge is 2.39. The number of nitrogens with one attached hydrogen (secondary N) is 2. The molecule has 0 aromatic heterocycles. The van der Waals surface area contributed by atoms with Gasteiger partial charge in [-0.05, 0) is 73.5 Å². The number of anilines is 3. The molecule has 0 bridgehead atoms. The zero-order valence-electron chi connectivity index (χ0n) is 19.0. The van der Waals surface area contributed by atoms with Crippen molar-refractivity contribution in [1.29, 1.82) is 0 Å². The van der Waals surface area contributed by atoms with Gasteiger partial charge in [0.15, 0.2) is 0 Å². The standard InChI is InChI=1S/C26H19ClF3N3O3/c1-14-5-3-8-20(15(14)2)33-24(35)21(27)22(25(33)36)31-18-11-9-16(10-12-18)23(34)32-19-7-4-6-17(13-19)26(28,29)30/h3-13,31H,1-2H3,(H,32,34). The molecule has 0 spiro atoms. The van der Waals surface area contributed by atoms with Crippen LogP contribution in [0.3, 0.4) is 0 Å². The average Bonchev–Trinajstić information content (AvgIpc) is 3.04. The number of benzene rings is 3. The summed E-state index contributed by atoms with van der Waals surface area (Å²) >= 11 is 6.19. The van der Waals surface area contributed by atoms with E-state index in [1.54, 1.807) is 19.1 Å². The summed E-state index contributed by atoms with van der Waals surface area (Å²) in [5.41, 5.74) is 1.66. The summed E-state index contributed by atoms with van der Waals surface area (Å²) in [6.45, 7) is 3.66. The lowest BCUT2D eigenvalue weighted by atomic mass is 10.1. The molecule has 2 N–H and O–H groups in total. The SMILES string of the molecule is Cc1cccc(N2C(=O)C(Cl)=C(Nc3ccc(C(=O)Nc4cccc(C(F)(F)F)c4)cc3)C2=O)c1C. The van der Waals surface area contributed by atoms with Gasteiger partial charge >= 0.3 is 6.18 Å². The fraction of sp³-hybridized carbons (Fsp3) is 0.115. The second-order valence-electron chi connectivity index (χ2n) is 8.09. The summed E-state index contributed by atoms with van der Waals surface area (Å²) in [6, 6.07) is 15.4. The number of aryl methyl sites for hydroxylation is 1. The molecule has 3 amide bonds. The molecule has 0 saturated carbocycles.